The summed E-state index contributed by atoms with van der Waals surface area (Å²) in [6.07, 6.45) is 6.42. The summed E-state index contributed by atoms with van der Waals surface area (Å²) in [5, 5.41) is 3.27. The van der Waals surface area contributed by atoms with Gasteiger partial charge in [0.2, 0.25) is 12.7 Å². The summed E-state index contributed by atoms with van der Waals surface area (Å²) in [6, 6.07) is 6.39. The zero-order valence-corrected chi connectivity index (χ0v) is 13.1. The molecule has 4 rings (SSSR count). The Morgan fingerprint density at radius 2 is 1.91 bits per heavy atom. The summed E-state index contributed by atoms with van der Waals surface area (Å²) in [5.74, 6) is 2.39. The maximum atomic E-state index is 13.0. The molecule has 2 atom stereocenters. The average molecular weight is 301 g/mol. The van der Waals surface area contributed by atoms with E-state index < -0.39 is 0 Å². The summed E-state index contributed by atoms with van der Waals surface area (Å²) in [6.45, 7) is 2.47. The van der Waals surface area contributed by atoms with Crippen LogP contribution in [0.4, 0.5) is 0 Å². The van der Waals surface area contributed by atoms with E-state index in [1.165, 1.54) is 6.42 Å². The molecule has 0 bridgehead atoms. The second kappa shape index (κ2) is 5.18. The van der Waals surface area contributed by atoms with Crippen molar-refractivity contribution in [1.82, 2.24) is 5.32 Å². The first-order valence-electron chi connectivity index (χ1n) is 8.40. The number of benzene rings is 1. The number of rotatable bonds is 3. The maximum absolute atomic E-state index is 13.0. The van der Waals surface area contributed by atoms with Gasteiger partial charge in [-0.15, -0.1) is 0 Å². The van der Waals surface area contributed by atoms with Crippen molar-refractivity contribution in [2.45, 2.75) is 56.9 Å². The number of ether oxygens (including phenoxy) is 2. The van der Waals surface area contributed by atoms with Gasteiger partial charge in [-0.05, 0) is 42.9 Å². The molecule has 0 aromatic heterocycles. The Labute approximate surface area is 131 Å². The molecule has 1 aromatic rings. The number of fused-ring (bicyclic) bond motifs is 1. The molecule has 1 aromatic carbocycles. The Balaban J connectivity index is 1.66. The van der Waals surface area contributed by atoms with Crippen molar-refractivity contribution >= 4 is 5.91 Å². The van der Waals surface area contributed by atoms with E-state index >= 15 is 0 Å². The molecule has 0 saturated heterocycles. The number of hydrogen-bond acceptors (Lipinski definition) is 3. The number of amides is 1. The molecule has 1 N–H and O–H groups in total. The van der Waals surface area contributed by atoms with E-state index in [1.54, 1.807) is 0 Å². The molecular formula is C18H23NO3. The Morgan fingerprint density at radius 1 is 1.18 bits per heavy atom. The first-order chi connectivity index (χ1) is 10.7. The molecule has 0 spiro atoms. The average Bonchev–Trinajstić information content (AvgIpc) is 3.04. The summed E-state index contributed by atoms with van der Waals surface area (Å²) < 4.78 is 10.9. The van der Waals surface area contributed by atoms with Crippen LogP contribution in [0.2, 0.25) is 0 Å². The number of nitrogens with one attached hydrogen (secondary N) is 1. The third-order valence-electron chi connectivity index (χ3n) is 5.49. The Kier molecular flexibility index (Phi) is 3.28. The van der Waals surface area contributed by atoms with Crippen LogP contribution in [0.25, 0.3) is 0 Å². The van der Waals surface area contributed by atoms with Crippen molar-refractivity contribution in [1.29, 1.82) is 0 Å². The highest BCUT2D eigenvalue weighted by Gasteiger charge is 2.45. The molecule has 4 nitrogen and oxygen atoms in total. The number of carbonyl (C=O) groups excluding carboxylic acids is 1. The molecule has 2 aliphatic carbocycles. The van der Waals surface area contributed by atoms with Crippen LogP contribution in [0.1, 0.15) is 51.0 Å². The lowest BCUT2D eigenvalue weighted by molar-refractivity contribution is -0.128. The largest absolute Gasteiger partial charge is 0.454 e. The second-order valence-corrected chi connectivity index (χ2v) is 7.00. The van der Waals surface area contributed by atoms with Crippen molar-refractivity contribution in [3.8, 4) is 11.5 Å². The quantitative estimate of drug-likeness (QED) is 0.933. The first-order valence-corrected chi connectivity index (χ1v) is 8.40. The van der Waals surface area contributed by atoms with Gasteiger partial charge in [0.15, 0.2) is 11.5 Å². The molecule has 2 fully saturated rings. The minimum atomic E-state index is -0.387. The van der Waals surface area contributed by atoms with Gasteiger partial charge >= 0.3 is 0 Å². The van der Waals surface area contributed by atoms with Crippen molar-refractivity contribution in [2.75, 3.05) is 6.79 Å². The van der Waals surface area contributed by atoms with Crippen LogP contribution >= 0.6 is 0 Å². The number of carbonyl (C=O) groups is 1. The molecule has 1 aliphatic heterocycles. The SMILES string of the molecule is CC1CC1NC(=O)C1(c2ccc3c(c2)OCO3)CCCCC1. The Hall–Kier alpha value is -1.71. The topological polar surface area (TPSA) is 47.6 Å². The molecule has 4 heteroatoms. The van der Waals surface area contributed by atoms with Crippen LogP contribution in [-0.4, -0.2) is 18.7 Å². The maximum Gasteiger partial charge on any atom is 0.231 e. The van der Waals surface area contributed by atoms with E-state index in [-0.39, 0.29) is 18.1 Å². The fraction of sp³-hybridized carbons (Fsp3) is 0.611. The summed E-state index contributed by atoms with van der Waals surface area (Å²) >= 11 is 0. The minimum Gasteiger partial charge on any atom is -0.454 e. The third-order valence-corrected chi connectivity index (χ3v) is 5.49. The van der Waals surface area contributed by atoms with E-state index in [0.717, 1.165) is 49.2 Å². The molecule has 1 heterocycles. The smallest absolute Gasteiger partial charge is 0.231 e. The van der Waals surface area contributed by atoms with Gasteiger partial charge in [-0.2, -0.15) is 0 Å². The van der Waals surface area contributed by atoms with Crippen molar-refractivity contribution < 1.29 is 14.3 Å². The highest BCUT2D eigenvalue weighted by Crippen LogP contribution is 2.44. The molecule has 2 saturated carbocycles. The molecule has 1 amide bonds. The molecule has 118 valence electrons. The van der Waals surface area contributed by atoms with E-state index in [9.17, 15) is 4.79 Å². The van der Waals surface area contributed by atoms with Crippen molar-refractivity contribution in [3.05, 3.63) is 23.8 Å². The lowest BCUT2D eigenvalue weighted by Gasteiger charge is -2.36. The van der Waals surface area contributed by atoms with Crippen molar-refractivity contribution in [2.24, 2.45) is 5.92 Å². The predicted molar refractivity (Wildman–Crippen MR) is 83.0 cm³/mol. The molecule has 2 unspecified atom stereocenters. The summed E-state index contributed by atoms with van der Waals surface area (Å²) in [4.78, 5) is 13.0. The Bertz CT molecular complexity index is 592. The molecule has 0 radical (unpaired) electrons. The van der Waals surface area contributed by atoms with Gasteiger partial charge in [-0.1, -0.05) is 32.3 Å². The fourth-order valence-corrected chi connectivity index (χ4v) is 3.83. The summed E-state index contributed by atoms with van der Waals surface area (Å²) in [7, 11) is 0. The van der Waals surface area contributed by atoms with Gasteiger partial charge in [0, 0.05) is 6.04 Å². The van der Waals surface area contributed by atoms with E-state index in [4.69, 9.17) is 9.47 Å². The van der Waals surface area contributed by atoms with Gasteiger partial charge in [0.1, 0.15) is 0 Å². The van der Waals surface area contributed by atoms with Crippen LogP contribution in [0.5, 0.6) is 11.5 Å². The molecule has 22 heavy (non-hydrogen) atoms. The zero-order chi connectivity index (χ0) is 15.2. The third kappa shape index (κ3) is 2.25. The lowest BCUT2D eigenvalue weighted by atomic mass is 9.68. The van der Waals surface area contributed by atoms with Crippen LogP contribution in [0, 0.1) is 5.92 Å². The van der Waals surface area contributed by atoms with Gasteiger partial charge < -0.3 is 14.8 Å². The highest BCUT2D eigenvalue weighted by atomic mass is 16.7. The van der Waals surface area contributed by atoms with Gasteiger partial charge in [0.25, 0.3) is 0 Å². The Morgan fingerprint density at radius 3 is 2.64 bits per heavy atom. The predicted octanol–water partition coefficient (Wildman–Crippen LogP) is 3.14. The van der Waals surface area contributed by atoms with Gasteiger partial charge in [0.05, 0.1) is 5.41 Å². The lowest BCUT2D eigenvalue weighted by Crippen LogP contribution is -2.46. The van der Waals surface area contributed by atoms with Crippen LogP contribution in [-0.2, 0) is 10.2 Å². The van der Waals surface area contributed by atoms with Crippen LogP contribution in [0.15, 0.2) is 18.2 Å². The first kappa shape index (κ1) is 13.9. The standard InChI is InChI=1S/C18H23NO3/c1-12-9-14(12)19-17(20)18(7-3-2-4-8-18)13-5-6-15-16(10-13)22-11-21-15/h5-6,10,12,14H,2-4,7-9,11H2,1H3,(H,19,20). The van der Waals surface area contributed by atoms with Gasteiger partial charge in [-0.3, -0.25) is 4.79 Å². The van der Waals surface area contributed by atoms with Crippen LogP contribution < -0.4 is 14.8 Å². The van der Waals surface area contributed by atoms with E-state index in [1.807, 2.05) is 12.1 Å². The normalized spacial score (nSPS) is 28.2. The highest BCUT2D eigenvalue weighted by molar-refractivity contribution is 5.89. The summed E-state index contributed by atoms with van der Waals surface area (Å²) in [5.41, 5.74) is 0.698. The zero-order valence-electron chi connectivity index (χ0n) is 13.1. The van der Waals surface area contributed by atoms with E-state index in [2.05, 4.69) is 18.3 Å². The monoisotopic (exact) mass is 301 g/mol. The van der Waals surface area contributed by atoms with Crippen molar-refractivity contribution in [3.63, 3.8) is 0 Å². The fourth-order valence-electron chi connectivity index (χ4n) is 3.83. The molecular weight excluding hydrogens is 278 g/mol. The van der Waals surface area contributed by atoms with E-state index in [0.29, 0.717) is 12.0 Å². The molecule has 3 aliphatic rings. The minimum absolute atomic E-state index is 0.209. The number of hydrogen-bond donors (Lipinski definition) is 1. The van der Waals surface area contributed by atoms with Gasteiger partial charge in [-0.25, -0.2) is 0 Å². The van der Waals surface area contributed by atoms with Crippen LogP contribution in [0.3, 0.4) is 0 Å². The second-order valence-electron chi connectivity index (χ2n) is 7.00.